The van der Waals surface area contributed by atoms with Gasteiger partial charge in [-0.2, -0.15) is 0 Å². The van der Waals surface area contributed by atoms with Crippen LogP contribution in [0.15, 0.2) is 18.3 Å². The minimum atomic E-state index is -0.604. The van der Waals surface area contributed by atoms with E-state index in [9.17, 15) is 9.59 Å². The zero-order valence-corrected chi connectivity index (χ0v) is 7.91. The van der Waals surface area contributed by atoms with Crippen molar-refractivity contribution in [3.63, 3.8) is 0 Å². The second-order valence-corrected chi connectivity index (χ2v) is 2.95. The molecule has 1 heterocycles. The SMILES string of the molecule is NC(=O)CNC(=O)c1ccc(Cl)cn1. The number of pyridine rings is 1. The average Bonchev–Trinajstić information content (AvgIpc) is 2.15. The number of carbonyl (C=O) groups excluding carboxylic acids is 2. The summed E-state index contributed by atoms with van der Waals surface area (Å²) in [4.78, 5) is 25.4. The lowest BCUT2D eigenvalue weighted by atomic mass is 10.3. The molecule has 0 saturated heterocycles. The average molecular weight is 214 g/mol. The van der Waals surface area contributed by atoms with E-state index in [4.69, 9.17) is 17.3 Å². The van der Waals surface area contributed by atoms with E-state index in [0.717, 1.165) is 0 Å². The van der Waals surface area contributed by atoms with Crippen LogP contribution in [0.2, 0.25) is 5.02 Å². The molecule has 14 heavy (non-hydrogen) atoms. The molecule has 0 bridgehead atoms. The Hall–Kier alpha value is -1.62. The van der Waals surface area contributed by atoms with E-state index in [1.165, 1.54) is 18.3 Å². The molecular weight excluding hydrogens is 206 g/mol. The summed E-state index contributed by atoms with van der Waals surface area (Å²) in [5.74, 6) is -1.06. The first kappa shape index (κ1) is 10.5. The molecule has 2 amide bonds. The van der Waals surface area contributed by atoms with E-state index in [0.29, 0.717) is 5.02 Å². The van der Waals surface area contributed by atoms with E-state index < -0.39 is 11.8 Å². The number of hydrogen-bond donors (Lipinski definition) is 2. The first-order valence-corrected chi connectivity index (χ1v) is 4.15. The van der Waals surface area contributed by atoms with Gasteiger partial charge in [0.25, 0.3) is 5.91 Å². The summed E-state index contributed by atoms with van der Waals surface area (Å²) in [5.41, 5.74) is 5.04. The van der Waals surface area contributed by atoms with Gasteiger partial charge in [0.2, 0.25) is 5.91 Å². The number of primary amides is 1. The minimum Gasteiger partial charge on any atom is -0.368 e. The molecule has 0 spiro atoms. The second-order valence-electron chi connectivity index (χ2n) is 2.51. The highest BCUT2D eigenvalue weighted by Gasteiger charge is 2.06. The van der Waals surface area contributed by atoms with E-state index in [2.05, 4.69) is 10.3 Å². The number of nitrogens with zero attached hydrogens (tertiary/aromatic N) is 1. The maximum absolute atomic E-state index is 11.2. The Morgan fingerprint density at radius 2 is 2.21 bits per heavy atom. The molecule has 0 saturated carbocycles. The third-order valence-corrected chi connectivity index (χ3v) is 1.61. The smallest absolute Gasteiger partial charge is 0.270 e. The number of rotatable bonds is 3. The highest BCUT2D eigenvalue weighted by Crippen LogP contribution is 2.05. The van der Waals surface area contributed by atoms with Gasteiger partial charge in [0.05, 0.1) is 11.6 Å². The van der Waals surface area contributed by atoms with Gasteiger partial charge in [-0.3, -0.25) is 9.59 Å². The van der Waals surface area contributed by atoms with Crippen molar-refractivity contribution < 1.29 is 9.59 Å². The van der Waals surface area contributed by atoms with Crippen LogP contribution in [-0.4, -0.2) is 23.3 Å². The summed E-state index contributed by atoms with van der Waals surface area (Å²) in [5, 5.41) is 2.74. The van der Waals surface area contributed by atoms with Crippen LogP contribution < -0.4 is 11.1 Å². The standard InChI is InChI=1S/C8H8ClN3O2/c9-5-1-2-6(11-3-5)8(14)12-4-7(10)13/h1-3H,4H2,(H2,10,13)(H,12,14). The van der Waals surface area contributed by atoms with Crippen molar-refractivity contribution in [2.24, 2.45) is 5.73 Å². The van der Waals surface area contributed by atoms with Gasteiger partial charge in [-0.05, 0) is 12.1 Å². The van der Waals surface area contributed by atoms with Gasteiger partial charge in [-0.15, -0.1) is 0 Å². The van der Waals surface area contributed by atoms with Gasteiger partial charge in [0.1, 0.15) is 5.69 Å². The van der Waals surface area contributed by atoms with Crippen LogP contribution in [0.25, 0.3) is 0 Å². The maximum atomic E-state index is 11.2. The number of carbonyl (C=O) groups is 2. The van der Waals surface area contributed by atoms with Crippen LogP contribution in [-0.2, 0) is 4.79 Å². The zero-order chi connectivity index (χ0) is 10.6. The van der Waals surface area contributed by atoms with E-state index in [-0.39, 0.29) is 12.2 Å². The molecule has 0 aliphatic heterocycles. The Balaban J connectivity index is 2.61. The first-order chi connectivity index (χ1) is 6.59. The first-order valence-electron chi connectivity index (χ1n) is 3.77. The highest BCUT2D eigenvalue weighted by molar-refractivity contribution is 6.30. The van der Waals surface area contributed by atoms with Crippen LogP contribution in [0, 0.1) is 0 Å². The molecule has 6 heteroatoms. The molecule has 1 rings (SSSR count). The fraction of sp³-hybridized carbons (Fsp3) is 0.125. The van der Waals surface area contributed by atoms with Crippen molar-refractivity contribution in [2.45, 2.75) is 0 Å². The summed E-state index contributed by atoms with van der Waals surface area (Å²) in [6, 6.07) is 2.99. The quantitative estimate of drug-likeness (QED) is 0.738. The van der Waals surface area contributed by atoms with E-state index >= 15 is 0 Å². The number of amides is 2. The van der Waals surface area contributed by atoms with Crippen LogP contribution in [0.1, 0.15) is 10.5 Å². The van der Waals surface area contributed by atoms with Gasteiger partial charge in [-0.25, -0.2) is 4.98 Å². The van der Waals surface area contributed by atoms with Crippen LogP contribution in [0.5, 0.6) is 0 Å². The predicted octanol–water partition coefficient (Wildman–Crippen LogP) is -0.0499. The van der Waals surface area contributed by atoms with Gasteiger partial charge in [0, 0.05) is 6.20 Å². The monoisotopic (exact) mass is 213 g/mol. The fourth-order valence-electron chi connectivity index (χ4n) is 0.768. The fourth-order valence-corrected chi connectivity index (χ4v) is 0.880. The molecule has 5 nitrogen and oxygen atoms in total. The highest BCUT2D eigenvalue weighted by atomic mass is 35.5. The molecule has 0 fully saturated rings. The number of nitrogens with one attached hydrogen (secondary N) is 1. The van der Waals surface area contributed by atoms with Crippen molar-refractivity contribution >= 4 is 23.4 Å². The summed E-state index contributed by atoms with van der Waals surface area (Å²) in [7, 11) is 0. The summed E-state index contributed by atoms with van der Waals surface area (Å²) in [6.45, 7) is -0.205. The second kappa shape index (κ2) is 4.57. The molecule has 0 atom stereocenters. The molecule has 0 aliphatic carbocycles. The summed E-state index contributed by atoms with van der Waals surface area (Å²) < 4.78 is 0. The normalized spacial score (nSPS) is 9.50. The van der Waals surface area contributed by atoms with Crippen molar-refractivity contribution in [1.82, 2.24) is 10.3 Å². The van der Waals surface area contributed by atoms with Crippen molar-refractivity contribution in [1.29, 1.82) is 0 Å². The third-order valence-electron chi connectivity index (χ3n) is 1.38. The predicted molar refractivity (Wildman–Crippen MR) is 50.8 cm³/mol. The molecule has 1 aromatic rings. The largest absolute Gasteiger partial charge is 0.368 e. The van der Waals surface area contributed by atoms with Gasteiger partial charge in [0.15, 0.2) is 0 Å². The lowest BCUT2D eigenvalue weighted by Crippen LogP contribution is -2.33. The zero-order valence-electron chi connectivity index (χ0n) is 7.16. The Morgan fingerprint density at radius 1 is 1.50 bits per heavy atom. The van der Waals surface area contributed by atoms with Gasteiger partial charge < -0.3 is 11.1 Å². The molecule has 3 N–H and O–H groups in total. The van der Waals surface area contributed by atoms with Crippen molar-refractivity contribution in [2.75, 3.05) is 6.54 Å². The minimum absolute atomic E-state index is 0.190. The number of aromatic nitrogens is 1. The van der Waals surface area contributed by atoms with E-state index in [1.54, 1.807) is 0 Å². The Morgan fingerprint density at radius 3 is 2.71 bits per heavy atom. The molecule has 0 aromatic carbocycles. The summed E-state index contributed by atoms with van der Waals surface area (Å²) >= 11 is 5.58. The third kappa shape index (κ3) is 3.02. The molecule has 1 aromatic heterocycles. The maximum Gasteiger partial charge on any atom is 0.270 e. The topological polar surface area (TPSA) is 85.1 Å². The molecular formula is C8H8ClN3O2. The Bertz CT molecular complexity index is 350. The molecule has 0 unspecified atom stereocenters. The van der Waals surface area contributed by atoms with Crippen molar-refractivity contribution in [3.8, 4) is 0 Å². The van der Waals surface area contributed by atoms with Crippen LogP contribution in [0.4, 0.5) is 0 Å². The number of hydrogen-bond acceptors (Lipinski definition) is 3. The molecule has 0 radical (unpaired) electrons. The number of nitrogens with two attached hydrogens (primary N) is 1. The Kier molecular flexibility index (Phi) is 3.41. The number of halogens is 1. The van der Waals surface area contributed by atoms with Gasteiger partial charge >= 0.3 is 0 Å². The van der Waals surface area contributed by atoms with Crippen LogP contribution in [0.3, 0.4) is 0 Å². The summed E-state index contributed by atoms with van der Waals surface area (Å²) in [6.07, 6.45) is 1.35. The van der Waals surface area contributed by atoms with Crippen LogP contribution >= 0.6 is 11.6 Å². The molecule has 0 aliphatic rings. The molecule has 74 valence electrons. The van der Waals surface area contributed by atoms with E-state index in [1.807, 2.05) is 0 Å². The lowest BCUT2D eigenvalue weighted by Gasteiger charge is -2.01. The van der Waals surface area contributed by atoms with Gasteiger partial charge in [-0.1, -0.05) is 11.6 Å². The Labute approximate surface area is 85.3 Å². The van der Waals surface area contributed by atoms with Crippen molar-refractivity contribution in [3.05, 3.63) is 29.0 Å². The lowest BCUT2D eigenvalue weighted by molar-refractivity contribution is -0.117.